The molecule has 0 spiro atoms. The zero-order valence-corrected chi connectivity index (χ0v) is 36.7. The Morgan fingerprint density at radius 1 is 0.278 bits per heavy atom. The van der Waals surface area contributed by atoms with Crippen LogP contribution in [0.4, 0.5) is 0 Å². The molecule has 0 aliphatic carbocycles. The van der Waals surface area contributed by atoms with Crippen molar-refractivity contribution in [2.75, 3.05) is 79.2 Å². The molecule has 0 saturated heterocycles. The highest BCUT2D eigenvalue weighted by molar-refractivity contribution is 4.57. The monoisotopic (exact) mass is 772 g/mol. The normalized spacial score (nSPS) is 11.8. The second kappa shape index (κ2) is 50.7. The lowest BCUT2D eigenvalue weighted by Crippen LogP contribution is -2.28. The van der Waals surface area contributed by atoms with Gasteiger partial charge >= 0.3 is 0 Å². The summed E-state index contributed by atoms with van der Waals surface area (Å²) >= 11 is 0. The molecule has 0 aromatic rings. The Morgan fingerprint density at radius 2 is 0.537 bits per heavy atom. The molecule has 0 radical (unpaired) electrons. The van der Waals surface area contributed by atoms with Crippen LogP contribution >= 0.6 is 0 Å². The van der Waals surface area contributed by atoms with Gasteiger partial charge in [0.2, 0.25) is 0 Å². The molecule has 2 N–H and O–H groups in total. The molecule has 326 valence electrons. The minimum Gasteiger partial charge on any atom is -0.379 e. The Kier molecular flexibility index (Phi) is 50.5. The highest BCUT2D eigenvalue weighted by Gasteiger charge is 2.10. The van der Waals surface area contributed by atoms with Gasteiger partial charge in [-0.25, -0.2) is 0 Å². The molecule has 0 rings (SSSR count). The largest absolute Gasteiger partial charge is 0.379 e. The van der Waals surface area contributed by atoms with E-state index in [1.165, 1.54) is 193 Å². The van der Waals surface area contributed by atoms with Gasteiger partial charge in [-0.05, 0) is 12.8 Å². The van der Waals surface area contributed by atoms with Crippen LogP contribution in [0, 0.1) is 0 Å². The maximum absolute atomic E-state index is 6.13. The van der Waals surface area contributed by atoms with Gasteiger partial charge in [0.05, 0.1) is 59.5 Å². The predicted molar refractivity (Wildman–Crippen MR) is 232 cm³/mol. The van der Waals surface area contributed by atoms with E-state index in [1.807, 2.05) is 0 Å². The average Bonchev–Trinajstić information content (AvgIpc) is 3.18. The number of unbranched alkanes of at least 4 members (excludes halogenated alkanes) is 30. The second-order valence-electron chi connectivity index (χ2n) is 15.9. The number of nitrogens with two attached hydrogens (primary N) is 1. The van der Waals surface area contributed by atoms with Crippen LogP contribution in [0.15, 0.2) is 0 Å². The molecule has 0 aliphatic heterocycles. The third kappa shape index (κ3) is 47.9. The quantitative estimate of drug-likeness (QED) is 0.0617. The van der Waals surface area contributed by atoms with Gasteiger partial charge < -0.3 is 34.2 Å². The summed E-state index contributed by atoms with van der Waals surface area (Å²) in [6.45, 7) is 11.8. The van der Waals surface area contributed by atoms with Crippen LogP contribution in [-0.2, 0) is 28.4 Å². The highest BCUT2D eigenvalue weighted by atomic mass is 16.6. The van der Waals surface area contributed by atoms with E-state index in [1.54, 1.807) is 0 Å². The van der Waals surface area contributed by atoms with Crippen LogP contribution < -0.4 is 5.73 Å². The summed E-state index contributed by atoms with van der Waals surface area (Å²) in [5.74, 6) is 0. The fourth-order valence-electron chi connectivity index (χ4n) is 6.98. The van der Waals surface area contributed by atoms with Crippen LogP contribution in [0.2, 0.25) is 0 Å². The summed E-state index contributed by atoms with van der Waals surface area (Å²) in [5.41, 5.74) is 5.43. The summed E-state index contributed by atoms with van der Waals surface area (Å²) < 4.78 is 34.8. The van der Waals surface area contributed by atoms with Gasteiger partial charge in [0.1, 0.15) is 6.10 Å². The van der Waals surface area contributed by atoms with Crippen molar-refractivity contribution in [3.63, 3.8) is 0 Å². The lowest BCUT2D eigenvalue weighted by molar-refractivity contribution is -0.0768. The Balaban J connectivity index is 3.87. The Hall–Kier alpha value is -0.280. The zero-order chi connectivity index (χ0) is 38.9. The standard InChI is InChI=1S/C47H97NO6/c1-3-5-7-9-11-13-15-17-19-21-23-25-27-29-31-33-36-52-45-47(54-44-43-51-42-41-50-40-39-49-38-35-48)46-53-37-34-32-30-28-26-24-22-20-18-16-14-12-10-8-6-4-2/h47H,3-46,48H2,1-2H3. The van der Waals surface area contributed by atoms with Crippen molar-refractivity contribution in [2.45, 2.75) is 225 Å². The van der Waals surface area contributed by atoms with Crippen molar-refractivity contribution in [2.24, 2.45) is 5.73 Å². The zero-order valence-electron chi connectivity index (χ0n) is 36.7. The fourth-order valence-corrected chi connectivity index (χ4v) is 6.98. The van der Waals surface area contributed by atoms with Crippen LogP contribution in [0.3, 0.4) is 0 Å². The fraction of sp³-hybridized carbons (Fsp3) is 1.00. The molecule has 0 fully saturated rings. The third-order valence-corrected chi connectivity index (χ3v) is 10.5. The first-order valence-corrected chi connectivity index (χ1v) is 24.1. The highest BCUT2D eigenvalue weighted by Crippen LogP contribution is 2.15. The van der Waals surface area contributed by atoms with Crippen LogP contribution in [0.25, 0.3) is 0 Å². The molecule has 0 atom stereocenters. The van der Waals surface area contributed by atoms with Gasteiger partial charge in [-0.1, -0.05) is 206 Å². The summed E-state index contributed by atoms with van der Waals surface area (Å²) in [5, 5.41) is 0. The van der Waals surface area contributed by atoms with E-state index in [4.69, 9.17) is 34.2 Å². The summed E-state index contributed by atoms with van der Waals surface area (Å²) in [4.78, 5) is 0. The molecule has 54 heavy (non-hydrogen) atoms. The van der Waals surface area contributed by atoms with Crippen LogP contribution in [0.5, 0.6) is 0 Å². The minimum absolute atomic E-state index is 0.0494. The summed E-state index contributed by atoms with van der Waals surface area (Å²) in [7, 11) is 0. The van der Waals surface area contributed by atoms with Gasteiger partial charge in [-0.15, -0.1) is 0 Å². The van der Waals surface area contributed by atoms with Crippen molar-refractivity contribution in [1.29, 1.82) is 0 Å². The van der Waals surface area contributed by atoms with E-state index in [2.05, 4.69) is 13.8 Å². The molecule has 0 bridgehead atoms. The number of hydrogen-bond acceptors (Lipinski definition) is 7. The molecule has 0 heterocycles. The van der Waals surface area contributed by atoms with Gasteiger partial charge in [-0.3, -0.25) is 0 Å². The molecule has 7 nitrogen and oxygen atoms in total. The number of ether oxygens (including phenoxy) is 6. The topological polar surface area (TPSA) is 81.4 Å². The van der Waals surface area contributed by atoms with E-state index >= 15 is 0 Å². The Morgan fingerprint density at radius 3 is 0.833 bits per heavy atom. The van der Waals surface area contributed by atoms with Gasteiger partial charge in [-0.2, -0.15) is 0 Å². The first-order valence-electron chi connectivity index (χ1n) is 24.1. The van der Waals surface area contributed by atoms with E-state index in [0.717, 1.165) is 26.1 Å². The molecular formula is C47H97NO6. The molecule has 0 aromatic carbocycles. The number of rotatable bonds is 50. The molecule has 0 amide bonds. The molecule has 0 aromatic heterocycles. The predicted octanol–water partition coefficient (Wildman–Crippen LogP) is 12.9. The van der Waals surface area contributed by atoms with E-state index in [9.17, 15) is 0 Å². The van der Waals surface area contributed by atoms with E-state index < -0.39 is 0 Å². The van der Waals surface area contributed by atoms with Crippen molar-refractivity contribution < 1.29 is 28.4 Å². The first-order chi connectivity index (χ1) is 26.8. The molecule has 0 unspecified atom stereocenters. The van der Waals surface area contributed by atoms with Crippen molar-refractivity contribution in [3.05, 3.63) is 0 Å². The molecular weight excluding hydrogens is 675 g/mol. The van der Waals surface area contributed by atoms with Gasteiger partial charge in [0, 0.05) is 19.8 Å². The first kappa shape index (κ1) is 53.7. The van der Waals surface area contributed by atoms with Gasteiger partial charge in [0.25, 0.3) is 0 Å². The van der Waals surface area contributed by atoms with Crippen molar-refractivity contribution >= 4 is 0 Å². The minimum atomic E-state index is -0.0494. The molecule has 0 aliphatic rings. The average molecular weight is 772 g/mol. The number of hydrogen-bond donors (Lipinski definition) is 1. The van der Waals surface area contributed by atoms with Crippen LogP contribution in [0.1, 0.15) is 219 Å². The smallest absolute Gasteiger partial charge is 0.104 e. The maximum atomic E-state index is 6.13. The maximum Gasteiger partial charge on any atom is 0.104 e. The summed E-state index contributed by atoms with van der Waals surface area (Å²) in [6, 6.07) is 0. The van der Waals surface area contributed by atoms with Crippen molar-refractivity contribution in [3.8, 4) is 0 Å². The van der Waals surface area contributed by atoms with Crippen molar-refractivity contribution in [1.82, 2.24) is 0 Å². The lowest BCUT2D eigenvalue weighted by atomic mass is 10.0. The SMILES string of the molecule is CCCCCCCCCCCCCCCCCCOCC(COCCCCCCCCCCCCCCCCCC)OCCOCCOCCOCCN. The lowest BCUT2D eigenvalue weighted by Gasteiger charge is -2.18. The Labute approximate surface area is 338 Å². The second-order valence-corrected chi connectivity index (χ2v) is 15.9. The molecule has 7 heteroatoms. The van der Waals surface area contributed by atoms with E-state index in [0.29, 0.717) is 66.0 Å². The van der Waals surface area contributed by atoms with E-state index in [-0.39, 0.29) is 6.10 Å². The third-order valence-electron chi connectivity index (χ3n) is 10.5. The molecule has 0 saturated carbocycles. The summed E-state index contributed by atoms with van der Waals surface area (Å²) in [6.07, 6.45) is 44.3. The van der Waals surface area contributed by atoms with Gasteiger partial charge in [0.15, 0.2) is 0 Å². The Bertz CT molecular complexity index is 601. The van der Waals surface area contributed by atoms with Crippen LogP contribution in [-0.4, -0.2) is 85.3 Å².